The molecule has 0 aliphatic carbocycles. The fourth-order valence-corrected chi connectivity index (χ4v) is 1.24. The molecular formula is C11H21N3O. The van der Waals surface area contributed by atoms with Crippen LogP contribution >= 0.6 is 0 Å². The molecule has 15 heavy (non-hydrogen) atoms. The van der Waals surface area contributed by atoms with Crippen molar-refractivity contribution < 1.29 is 4.74 Å². The van der Waals surface area contributed by atoms with Crippen molar-refractivity contribution in [3.63, 3.8) is 0 Å². The molecule has 86 valence electrons. The fourth-order valence-electron chi connectivity index (χ4n) is 1.24. The van der Waals surface area contributed by atoms with Gasteiger partial charge in [-0.3, -0.25) is 0 Å². The summed E-state index contributed by atoms with van der Waals surface area (Å²) in [6.45, 7) is 8.25. The molecule has 0 bridgehead atoms. The number of hydrogen-bond donors (Lipinski definition) is 1. The Labute approximate surface area is 91.4 Å². The number of ether oxygens (including phenoxy) is 1. The van der Waals surface area contributed by atoms with Crippen LogP contribution in [0.1, 0.15) is 32.9 Å². The maximum atomic E-state index is 5.98. The molecule has 0 fully saturated rings. The Hall–Kier alpha value is -0.870. The number of hydrogen-bond acceptors (Lipinski definition) is 3. The first-order valence-electron chi connectivity index (χ1n) is 5.44. The summed E-state index contributed by atoms with van der Waals surface area (Å²) < 4.78 is 7.66. The molecule has 1 atom stereocenters. The van der Waals surface area contributed by atoms with Crippen LogP contribution in [0.3, 0.4) is 0 Å². The molecule has 1 aromatic rings. The average Bonchev–Trinajstić information content (AvgIpc) is 2.65. The molecule has 4 heteroatoms. The van der Waals surface area contributed by atoms with Gasteiger partial charge < -0.3 is 15.0 Å². The molecule has 0 saturated heterocycles. The van der Waals surface area contributed by atoms with Gasteiger partial charge in [0.1, 0.15) is 0 Å². The number of nitrogens with two attached hydrogens (primary N) is 1. The van der Waals surface area contributed by atoms with Gasteiger partial charge in [0.15, 0.2) is 0 Å². The first-order chi connectivity index (χ1) is 7.09. The van der Waals surface area contributed by atoms with E-state index in [1.807, 2.05) is 19.4 Å². The van der Waals surface area contributed by atoms with E-state index in [1.54, 1.807) is 0 Å². The predicted octanol–water partition coefficient (Wildman–Crippen LogP) is 1.55. The number of aryl methyl sites for hydroxylation is 1. The maximum absolute atomic E-state index is 5.98. The molecule has 1 heterocycles. The van der Waals surface area contributed by atoms with E-state index in [4.69, 9.17) is 10.5 Å². The van der Waals surface area contributed by atoms with Gasteiger partial charge in [-0.15, -0.1) is 0 Å². The Morgan fingerprint density at radius 2 is 2.27 bits per heavy atom. The molecule has 0 saturated carbocycles. The van der Waals surface area contributed by atoms with Gasteiger partial charge >= 0.3 is 0 Å². The molecule has 0 aliphatic heterocycles. The highest BCUT2D eigenvalue weighted by atomic mass is 16.5. The van der Waals surface area contributed by atoms with Crippen LogP contribution in [-0.4, -0.2) is 21.7 Å². The Morgan fingerprint density at radius 1 is 1.53 bits per heavy atom. The monoisotopic (exact) mass is 211 g/mol. The lowest BCUT2D eigenvalue weighted by atomic mass is 10.0. The zero-order valence-electron chi connectivity index (χ0n) is 9.86. The van der Waals surface area contributed by atoms with Gasteiger partial charge in [0.25, 0.3) is 0 Å². The van der Waals surface area contributed by atoms with Crippen LogP contribution in [0.4, 0.5) is 0 Å². The van der Waals surface area contributed by atoms with Gasteiger partial charge in [-0.05, 0) is 20.3 Å². The lowest BCUT2D eigenvalue weighted by Crippen LogP contribution is -2.40. The summed E-state index contributed by atoms with van der Waals surface area (Å²) in [4.78, 5) is 4.08. The normalized spacial score (nSPS) is 15.2. The fraction of sp³-hybridized carbons (Fsp3) is 0.727. The van der Waals surface area contributed by atoms with Crippen LogP contribution < -0.4 is 5.73 Å². The van der Waals surface area contributed by atoms with Crippen LogP contribution in [0.15, 0.2) is 12.5 Å². The molecule has 1 unspecified atom stereocenters. The average molecular weight is 211 g/mol. The summed E-state index contributed by atoms with van der Waals surface area (Å²) in [5, 5.41) is 0. The standard InChI is InChI=1S/C11H21N3O/c1-4-11(3,12)8-15-7-10-6-13-9-14(10)5-2/h6,9H,4-5,7-8,12H2,1-3H3. The SMILES string of the molecule is CCn1cncc1COCC(C)(N)CC. The third kappa shape index (κ3) is 3.64. The van der Waals surface area contributed by atoms with Gasteiger partial charge in [-0.25, -0.2) is 4.98 Å². The van der Waals surface area contributed by atoms with E-state index >= 15 is 0 Å². The van der Waals surface area contributed by atoms with Crippen LogP contribution in [0.5, 0.6) is 0 Å². The van der Waals surface area contributed by atoms with E-state index < -0.39 is 0 Å². The second-order valence-electron chi connectivity index (χ2n) is 4.17. The van der Waals surface area contributed by atoms with Crippen molar-refractivity contribution in [2.24, 2.45) is 5.73 Å². The molecular weight excluding hydrogens is 190 g/mol. The van der Waals surface area contributed by atoms with Gasteiger partial charge in [-0.2, -0.15) is 0 Å². The van der Waals surface area contributed by atoms with Crippen molar-refractivity contribution in [3.05, 3.63) is 18.2 Å². The second kappa shape index (κ2) is 5.28. The largest absolute Gasteiger partial charge is 0.373 e. The molecule has 1 aromatic heterocycles. The van der Waals surface area contributed by atoms with E-state index in [0.29, 0.717) is 13.2 Å². The molecule has 0 aromatic carbocycles. The van der Waals surface area contributed by atoms with Gasteiger partial charge in [0.05, 0.1) is 31.4 Å². The van der Waals surface area contributed by atoms with Crippen LogP contribution in [0.2, 0.25) is 0 Å². The van der Waals surface area contributed by atoms with Crippen molar-refractivity contribution in [2.45, 2.75) is 45.9 Å². The number of imidazole rings is 1. The highest BCUT2D eigenvalue weighted by molar-refractivity contribution is 4.96. The molecule has 0 aliphatic rings. The topological polar surface area (TPSA) is 53.1 Å². The first kappa shape index (κ1) is 12.2. The molecule has 0 amide bonds. The summed E-state index contributed by atoms with van der Waals surface area (Å²) in [5.41, 5.74) is 6.85. The zero-order chi connectivity index (χ0) is 11.3. The maximum Gasteiger partial charge on any atom is 0.0948 e. The smallest absolute Gasteiger partial charge is 0.0948 e. The van der Waals surface area contributed by atoms with Crippen molar-refractivity contribution in [2.75, 3.05) is 6.61 Å². The second-order valence-corrected chi connectivity index (χ2v) is 4.17. The lowest BCUT2D eigenvalue weighted by Gasteiger charge is -2.22. The van der Waals surface area contributed by atoms with E-state index in [2.05, 4.69) is 23.4 Å². The van der Waals surface area contributed by atoms with E-state index in [1.165, 1.54) is 0 Å². The Bertz CT molecular complexity index is 294. The number of nitrogens with zero attached hydrogens (tertiary/aromatic N) is 2. The van der Waals surface area contributed by atoms with E-state index in [-0.39, 0.29) is 5.54 Å². The summed E-state index contributed by atoms with van der Waals surface area (Å²) in [6, 6.07) is 0. The molecule has 0 radical (unpaired) electrons. The third-order valence-electron chi connectivity index (χ3n) is 2.63. The van der Waals surface area contributed by atoms with E-state index in [0.717, 1.165) is 18.7 Å². The molecule has 4 nitrogen and oxygen atoms in total. The summed E-state index contributed by atoms with van der Waals surface area (Å²) in [5.74, 6) is 0. The minimum atomic E-state index is -0.225. The van der Waals surface area contributed by atoms with Crippen molar-refractivity contribution in [1.29, 1.82) is 0 Å². The third-order valence-corrected chi connectivity index (χ3v) is 2.63. The lowest BCUT2D eigenvalue weighted by molar-refractivity contribution is 0.0740. The van der Waals surface area contributed by atoms with Crippen molar-refractivity contribution in [3.8, 4) is 0 Å². The Morgan fingerprint density at radius 3 is 2.87 bits per heavy atom. The highest BCUT2D eigenvalue weighted by Gasteiger charge is 2.15. The van der Waals surface area contributed by atoms with E-state index in [9.17, 15) is 0 Å². The molecule has 2 N–H and O–H groups in total. The Balaban J connectivity index is 2.38. The van der Waals surface area contributed by atoms with Crippen molar-refractivity contribution >= 4 is 0 Å². The highest BCUT2D eigenvalue weighted by Crippen LogP contribution is 2.07. The molecule has 0 spiro atoms. The van der Waals surface area contributed by atoms with Crippen LogP contribution in [-0.2, 0) is 17.9 Å². The number of aromatic nitrogens is 2. The summed E-state index contributed by atoms with van der Waals surface area (Å²) in [7, 11) is 0. The minimum absolute atomic E-state index is 0.225. The van der Waals surface area contributed by atoms with Gasteiger partial charge in [0, 0.05) is 12.1 Å². The van der Waals surface area contributed by atoms with Gasteiger partial charge in [-0.1, -0.05) is 6.92 Å². The van der Waals surface area contributed by atoms with Crippen LogP contribution in [0, 0.1) is 0 Å². The summed E-state index contributed by atoms with van der Waals surface area (Å²) in [6.07, 6.45) is 4.57. The first-order valence-corrected chi connectivity index (χ1v) is 5.44. The molecule has 1 rings (SSSR count). The minimum Gasteiger partial charge on any atom is -0.373 e. The summed E-state index contributed by atoms with van der Waals surface area (Å²) >= 11 is 0. The van der Waals surface area contributed by atoms with Crippen molar-refractivity contribution in [1.82, 2.24) is 9.55 Å². The predicted molar refractivity (Wildman–Crippen MR) is 60.4 cm³/mol. The Kier molecular flexibility index (Phi) is 4.29. The quantitative estimate of drug-likeness (QED) is 0.776. The number of rotatable bonds is 6. The van der Waals surface area contributed by atoms with Gasteiger partial charge in [0.2, 0.25) is 0 Å². The zero-order valence-corrected chi connectivity index (χ0v) is 9.86. The van der Waals surface area contributed by atoms with Crippen LogP contribution in [0.25, 0.3) is 0 Å².